The molecule has 0 aliphatic heterocycles. The molecule has 0 unspecified atom stereocenters. The van der Waals surface area contributed by atoms with Crippen LogP contribution in [0.5, 0.6) is 0 Å². The van der Waals surface area contributed by atoms with Crippen molar-refractivity contribution in [3.63, 3.8) is 0 Å². The minimum Gasteiger partial charge on any atom is -0.383 e. The normalized spacial score (nSPS) is 11.2. The summed E-state index contributed by atoms with van der Waals surface area (Å²) in [6.45, 7) is 8.59. The summed E-state index contributed by atoms with van der Waals surface area (Å²) in [4.78, 5) is 2.29. The number of nitrogens with one attached hydrogen (secondary N) is 1. The SMILES string of the molecule is CCOCCNCCCN(C)CCOC. The van der Waals surface area contributed by atoms with Crippen LogP contribution in [0.25, 0.3) is 0 Å². The van der Waals surface area contributed by atoms with Gasteiger partial charge in [-0.2, -0.15) is 0 Å². The van der Waals surface area contributed by atoms with Crippen LogP contribution in [-0.2, 0) is 9.47 Å². The Morgan fingerprint density at radius 2 is 1.93 bits per heavy atom. The van der Waals surface area contributed by atoms with Crippen LogP contribution in [-0.4, -0.2) is 65.1 Å². The minimum atomic E-state index is 0.807. The van der Waals surface area contributed by atoms with Crippen LogP contribution < -0.4 is 5.32 Å². The van der Waals surface area contributed by atoms with Gasteiger partial charge in [0.05, 0.1) is 13.2 Å². The highest BCUT2D eigenvalue weighted by Crippen LogP contribution is 1.86. The van der Waals surface area contributed by atoms with Crippen LogP contribution in [0, 0.1) is 0 Å². The van der Waals surface area contributed by atoms with E-state index >= 15 is 0 Å². The fourth-order valence-electron chi connectivity index (χ4n) is 1.25. The average Bonchev–Trinajstić information content (AvgIpc) is 2.25. The van der Waals surface area contributed by atoms with E-state index in [1.165, 1.54) is 6.42 Å². The van der Waals surface area contributed by atoms with Gasteiger partial charge in [0.1, 0.15) is 0 Å². The number of rotatable bonds is 11. The van der Waals surface area contributed by atoms with Crippen molar-refractivity contribution in [2.45, 2.75) is 13.3 Å². The predicted molar refractivity (Wildman–Crippen MR) is 63.4 cm³/mol. The fourth-order valence-corrected chi connectivity index (χ4v) is 1.25. The summed E-state index contributed by atoms with van der Waals surface area (Å²) in [5.74, 6) is 0. The minimum absolute atomic E-state index is 0.807. The second kappa shape index (κ2) is 11.9. The third-order valence-electron chi connectivity index (χ3n) is 2.20. The van der Waals surface area contributed by atoms with Crippen molar-refractivity contribution in [1.82, 2.24) is 10.2 Å². The van der Waals surface area contributed by atoms with Crippen molar-refractivity contribution >= 4 is 0 Å². The number of methoxy groups -OCH3 is 1. The van der Waals surface area contributed by atoms with Crippen molar-refractivity contribution in [3.05, 3.63) is 0 Å². The Kier molecular flexibility index (Phi) is 11.8. The van der Waals surface area contributed by atoms with E-state index in [-0.39, 0.29) is 0 Å². The van der Waals surface area contributed by atoms with Gasteiger partial charge in [0.25, 0.3) is 0 Å². The molecule has 0 bridgehead atoms. The molecule has 0 saturated heterocycles. The highest BCUT2D eigenvalue weighted by atomic mass is 16.5. The monoisotopic (exact) mass is 218 g/mol. The van der Waals surface area contributed by atoms with Crippen LogP contribution >= 0.6 is 0 Å². The first-order chi connectivity index (χ1) is 7.31. The van der Waals surface area contributed by atoms with Crippen molar-refractivity contribution in [1.29, 1.82) is 0 Å². The van der Waals surface area contributed by atoms with Gasteiger partial charge in [-0.3, -0.25) is 0 Å². The Hall–Kier alpha value is -0.160. The Balaban J connectivity index is 3.02. The van der Waals surface area contributed by atoms with Crippen molar-refractivity contribution in [3.8, 4) is 0 Å². The number of hydrogen-bond acceptors (Lipinski definition) is 4. The molecule has 0 atom stereocenters. The largest absolute Gasteiger partial charge is 0.383 e. The summed E-state index contributed by atoms with van der Waals surface area (Å²) < 4.78 is 10.2. The van der Waals surface area contributed by atoms with Crippen molar-refractivity contribution in [2.75, 3.05) is 60.2 Å². The summed E-state index contributed by atoms with van der Waals surface area (Å²) in [6.07, 6.45) is 1.17. The zero-order valence-corrected chi connectivity index (χ0v) is 10.4. The highest BCUT2D eigenvalue weighted by Gasteiger charge is 1.96. The van der Waals surface area contributed by atoms with E-state index in [0.717, 1.165) is 46.0 Å². The van der Waals surface area contributed by atoms with Gasteiger partial charge < -0.3 is 19.7 Å². The van der Waals surface area contributed by atoms with Gasteiger partial charge in [-0.25, -0.2) is 0 Å². The van der Waals surface area contributed by atoms with E-state index in [1.54, 1.807) is 7.11 Å². The summed E-state index contributed by atoms with van der Waals surface area (Å²) in [6, 6.07) is 0. The number of nitrogens with zero attached hydrogens (tertiary/aromatic N) is 1. The van der Waals surface area contributed by atoms with Gasteiger partial charge in [0.2, 0.25) is 0 Å². The Morgan fingerprint density at radius 1 is 1.13 bits per heavy atom. The molecule has 0 saturated carbocycles. The van der Waals surface area contributed by atoms with Crippen LogP contribution in [0.2, 0.25) is 0 Å². The smallest absolute Gasteiger partial charge is 0.0590 e. The Morgan fingerprint density at radius 3 is 2.60 bits per heavy atom. The van der Waals surface area contributed by atoms with E-state index in [0.29, 0.717) is 0 Å². The molecule has 0 aromatic heterocycles. The summed E-state index contributed by atoms with van der Waals surface area (Å²) in [7, 11) is 3.86. The van der Waals surface area contributed by atoms with Crippen LogP contribution in [0.3, 0.4) is 0 Å². The van der Waals surface area contributed by atoms with E-state index in [2.05, 4.69) is 17.3 Å². The van der Waals surface area contributed by atoms with E-state index in [9.17, 15) is 0 Å². The molecule has 0 rings (SSSR count). The molecule has 1 N–H and O–H groups in total. The molecular formula is C11H26N2O2. The molecule has 4 heteroatoms. The van der Waals surface area contributed by atoms with Crippen LogP contribution in [0.15, 0.2) is 0 Å². The molecule has 0 aromatic carbocycles. The average molecular weight is 218 g/mol. The molecule has 0 heterocycles. The molecule has 0 spiro atoms. The van der Waals surface area contributed by atoms with E-state index in [4.69, 9.17) is 9.47 Å². The van der Waals surface area contributed by atoms with Gasteiger partial charge in [-0.15, -0.1) is 0 Å². The second-order valence-corrected chi connectivity index (χ2v) is 3.60. The third-order valence-corrected chi connectivity index (χ3v) is 2.20. The van der Waals surface area contributed by atoms with E-state index in [1.807, 2.05) is 6.92 Å². The quantitative estimate of drug-likeness (QED) is 0.514. The number of hydrogen-bond donors (Lipinski definition) is 1. The van der Waals surface area contributed by atoms with Crippen LogP contribution in [0.1, 0.15) is 13.3 Å². The summed E-state index contributed by atoms with van der Waals surface area (Å²) >= 11 is 0. The lowest BCUT2D eigenvalue weighted by molar-refractivity contribution is 0.148. The van der Waals surface area contributed by atoms with E-state index < -0.39 is 0 Å². The summed E-state index contributed by atoms with van der Waals surface area (Å²) in [5.41, 5.74) is 0. The summed E-state index contributed by atoms with van der Waals surface area (Å²) in [5, 5.41) is 3.35. The molecule has 0 amide bonds. The fraction of sp³-hybridized carbons (Fsp3) is 1.00. The standard InChI is InChI=1S/C11H26N2O2/c1-4-15-10-7-12-6-5-8-13(2)9-11-14-3/h12H,4-11H2,1-3H3. The molecule has 15 heavy (non-hydrogen) atoms. The maximum absolute atomic E-state index is 5.22. The molecule has 0 aliphatic carbocycles. The van der Waals surface area contributed by atoms with Gasteiger partial charge in [0, 0.05) is 26.8 Å². The lowest BCUT2D eigenvalue weighted by Gasteiger charge is -2.15. The molecule has 0 aliphatic rings. The first kappa shape index (κ1) is 14.8. The zero-order chi connectivity index (χ0) is 11.4. The molecule has 0 aromatic rings. The first-order valence-electron chi connectivity index (χ1n) is 5.77. The predicted octanol–water partition coefficient (Wildman–Crippen LogP) is 0.581. The topological polar surface area (TPSA) is 33.7 Å². The van der Waals surface area contributed by atoms with Crippen LogP contribution in [0.4, 0.5) is 0 Å². The van der Waals surface area contributed by atoms with Gasteiger partial charge >= 0.3 is 0 Å². The van der Waals surface area contributed by atoms with Crippen molar-refractivity contribution < 1.29 is 9.47 Å². The lowest BCUT2D eigenvalue weighted by Crippen LogP contribution is -2.28. The molecule has 92 valence electrons. The lowest BCUT2D eigenvalue weighted by atomic mass is 10.4. The number of likely N-dealkylation sites (N-methyl/N-ethyl adjacent to an activating group) is 1. The van der Waals surface area contributed by atoms with Gasteiger partial charge in [0.15, 0.2) is 0 Å². The molecule has 4 nitrogen and oxygen atoms in total. The molecule has 0 fully saturated rings. The molecular weight excluding hydrogens is 192 g/mol. The Labute approximate surface area is 93.9 Å². The van der Waals surface area contributed by atoms with Crippen molar-refractivity contribution in [2.24, 2.45) is 0 Å². The zero-order valence-electron chi connectivity index (χ0n) is 10.4. The number of ether oxygens (including phenoxy) is 2. The first-order valence-corrected chi connectivity index (χ1v) is 5.77. The maximum atomic E-state index is 5.22. The Bertz CT molecular complexity index is 123. The van der Waals surface area contributed by atoms with Gasteiger partial charge in [-0.05, 0) is 33.5 Å². The second-order valence-electron chi connectivity index (χ2n) is 3.60. The third kappa shape index (κ3) is 11.8. The molecule has 0 radical (unpaired) electrons. The highest BCUT2D eigenvalue weighted by molar-refractivity contribution is 4.53. The van der Waals surface area contributed by atoms with Gasteiger partial charge in [-0.1, -0.05) is 0 Å². The maximum Gasteiger partial charge on any atom is 0.0590 e.